The lowest BCUT2D eigenvalue weighted by atomic mass is 10.0. The minimum absolute atomic E-state index is 0.00365. The number of carboxylic acid groups (broad SMARTS) is 1. The molecule has 1 fully saturated rings. The zero-order chi connectivity index (χ0) is 20.5. The van der Waals surface area contributed by atoms with Crippen LogP contribution in [0.4, 0.5) is 0 Å². The first-order valence-electron chi connectivity index (χ1n) is 9.98. The fourth-order valence-electron chi connectivity index (χ4n) is 3.48. The lowest BCUT2D eigenvalue weighted by molar-refractivity contribution is -0.145. The summed E-state index contributed by atoms with van der Waals surface area (Å²) in [7, 11) is 0. The van der Waals surface area contributed by atoms with Crippen LogP contribution in [-0.2, 0) is 22.7 Å². The van der Waals surface area contributed by atoms with Crippen LogP contribution in [0.1, 0.15) is 17.7 Å². The fraction of sp³-hybridized carbons (Fsp3) is 0.409. The normalized spacial score (nSPS) is 16.3. The molecule has 1 atom stereocenters. The molecule has 29 heavy (non-hydrogen) atoms. The molecule has 2 N–H and O–H groups in total. The van der Waals surface area contributed by atoms with Crippen LogP contribution < -0.4 is 5.32 Å². The largest absolute Gasteiger partial charge is 0.481 e. The smallest absolute Gasteiger partial charge is 0.308 e. The fourth-order valence-corrected chi connectivity index (χ4v) is 3.48. The number of pyridine rings is 1. The number of nitrogens with zero attached hydrogens (tertiary/aromatic N) is 3. The molecule has 1 amide bonds. The highest BCUT2D eigenvalue weighted by Gasteiger charge is 2.26. The topological polar surface area (TPSA) is 85.8 Å². The van der Waals surface area contributed by atoms with Crippen molar-refractivity contribution in [1.82, 2.24) is 20.1 Å². The van der Waals surface area contributed by atoms with Crippen molar-refractivity contribution in [2.75, 3.05) is 32.7 Å². The summed E-state index contributed by atoms with van der Waals surface area (Å²) in [5, 5.41) is 12.4. The van der Waals surface area contributed by atoms with Gasteiger partial charge in [-0.3, -0.25) is 24.4 Å². The third kappa shape index (κ3) is 6.96. The SMILES string of the molecule is O=C(C[C@@H](CN1CCN(Cc2ccccn2)CC1)C(=O)O)NCc1ccccc1. The van der Waals surface area contributed by atoms with Crippen molar-refractivity contribution in [2.24, 2.45) is 5.92 Å². The van der Waals surface area contributed by atoms with E-state index in [2.05, 4.69) is 20.1 Å². The molecule has 2 heterocycles. The number of hydrogen-bond donors (Lipinski definition) is 2. The van der Waals surface area contributed by atoms with Gasteiger partial charge < -0.3 is 10.4 Å². The first-order valence-corrected chi connectivity index (χ1v) is 9.98. The minimum Gasteiger partial charge on any atom is -0.481 e. The van der Waals surface area contributed by atoms with Gasteiger partial charge in [0.1, 0.15) is 0 Å². The lowest BCUT2D eigenvalue weighted by Crippen LogP contribution is -2.48. The second-order valence-corrected chi connectivity index (χ2v) is 7.40. The number of aromatic nitrogens is 1. The summed E-state index contributed by atoms with van der Waals surface area (Å²) in [5.74, 6) is -1.85. The summed E-state index contributed by atoms with van der Waals surface area (Å²) in [6, 6.07) is 15.5. The van der Waals surface area contributed by atoms with E-state index in [1.165, 1.54) is 0 Å². The maximum absolute atomic E-state index is 12.2. The molecular weight excluding hydrogens is 368 g/mol. The van der Waals surface area contributed by atoms with Gasteiger partial charge in [-0.05, 0) is 17.7 Å². The standard InChI is InChI=1S/C22H28N4O3/c27-21(24-15-18-6-2-1-3-7-18)14-19(22(28)29)16-25-10-12-26(13-11-25)17-20-8-4-5-9-23-20/h1-9,19H,10-17H2,(H,24,27)(H,28,29)/t19-/m0/s1. The Bertz CT molecular complexity index is 777. The van der Waals surface area contributed by atoms with Gasteiger partial charge in [0.2, 0.25) is 5.91 Å². The molecule has 0 radical (unpaired) electrons. The van der Waals surface area contributed by atoms with Gasteiger partial charge in [-0.1, -0.05) is 36.4 Å². The van der Waals surface area contributed by atoms with Gasteiger partial charge >= 0.3 is 5.97 Å². The number of nitrogens with one attached hydrogen (secondary N) is 1. The Morgan fingerprint density at radius 1 is 1.00 bits per heavy atom. The van der Waals surface area contributed by atoms with Gasteiger partial charge in [-0.25, -0.2) is 0 Å². The highest BCUT2D eigenvalue weighted by atomic mass is 16.4. The van der Waals surface area contributed by atoms with E-state index in [0.717, 1.165) is 44.0 Å². The van der Waals surface area contributed by atoms with Crippen LogP contribution >= 0.6 is 0 Å². The van der Waals surface area contributed by atoms with E-state index in [1.54, 1.807) is 6.20 Å². The first-order chi connectivity index (χ1) is 14.1. The van der Waals surface area contributed by atoms with Crippen molar-refractivity contribution in [3.8, 4) is 0 Å². The van der Waals surface area contributed by atoms with Crippen LogP contribution in [-0.4, -0.2) is 64.5 Å². The Morgan fingerprint density at radius 2 is 1.69 bits per heavy atom. The molecular formula is C22H28N4O3. The van der Waals surface area contributed by atoms with Crippen molar-refractivity contribution >= 4 is 11.9 Å². The summed E-state index contributed by atoms with van der Waals surface area (Å²) < 4.78 is 0. The summed E-state index contributed by atoms with van der Waals surface area (Å²) >= 11 is 0. The summed E-state index contributed by atoms with van der Waals surface area (Å²) in [6.45, 7) is 4.93. The number of rotatable bonds is 9. The Kier molecular flexibility index (Phi) is 7.72. The molecule has 0 saturated carbocycles. The monoisotopic (exact) mass is 396 g/mol. The molecule has 1 aromatic heterocycles. The van der Waals surface area contributed by atoms with E-state index in [0.29, 0.717) is 13.1 Å². The molecule has 1 aliphatic heterocycles. The van der Waals surface area contributed by atoms with E-state index < -0.39 is 11.9 Å². The van der Waals surface area contributed by atoms with Crippen molar-refractivity contribution in [3.63, 3.8) is 0 Å². The van der Waals surface area contributed by atoms with Crippen molar-refractivity contribution in [2.45, 2.75) is 19.5 Å². The van der Waals surface area contributed by atoms with Gasteiger partial charge in [0.05, 0.1) is 11.6 Å². The van der Waals surface area contributed by atoms with Crippen LogP contribution in [0.5, 0.6) is 0 Å². The second kappa shape index (κ2) is 10.7. The number of aliphatic carboxylic acids is 1. The summed E-state index contributed by atoms with van der Waals surface area (Å²) in [5.41, 5.74) is 2.04. The summed E-state index contributed by atoms with van der Waals surface area (Å²) in [6.07, 6.45) is 1.79. The second-order valence-electron chi connectivity index (χ2n) is 7.40. The van der Waals surface area contributed by atoms with Crippen LogP contribution in [0, 0.1) is 5.92 Å². The number of benzene rings is 1. The van der Waals surface area contributed by atoms with Crippen LogP contribution in [0.2, 0.25) is 0 Å². The summed E-state index contributed by atoms with van der Waals surface area (Å²) in [4.78, 5) is 32.7. The molecule has 1 saturated heterocycles. The number of amides is 1. The number of carbonyl (C=O) groups excluding carboxylic acids is 1. The van der Waals surface area contributed by atoms with Crippen molar-refractivity contribution < 1.29 is 14.7 Å². The van der Waals surface area contributed by atoms with Gasteiger partial charge in [-0.2, -0.15) is 0 Å². The van der Waals surface area contributed by atoms with Gasteiger partial charge in [-0.15, -0.1) is 0 Å². The van der Waals surface area contributed by atoms with Crippen molar-refractivity contribution in [3.05, 3.63) is 66.0 Å². The molecule has 0 unspecified atom stereocenters. The molecule has 0 aliphatic carbocycles. The first kappa shape index (κ1) is 21.0. The number of hydrogen-bond acceptors (Lipinski definition) is 5. The predicted molar refractivity (Wildman–Crippen MR) is 110 cm³/mol. The minimum atomic E-state index is -0.921. The molecule has 154 valence electrons. The van der Waals surface area contributed by atoms with Gasteiger partial charge in [0.15, 0.2) is 0 Å². The third-order valence-corrected chi connectivity index (χ3v) is 5.17. The Hall–Kier alpha value is -2.77. The molecule has 3 rings (SSSR count). The zero-order valence-electron chi connectivity index (χ0n) is 16.5. The van der Waals surface area contributed by atoms with Crippen LogP contribution in [0.3, 0.4) is 0 Å². The molecule has 1 aromatic carbocycles. The molecule has 1 aliphatic rings. The Morgan fingerprint density at radius 3 is 2.34 bits per heavy atom. The van der Waals surface area contributed by atoms with Crippen LogP contribution in [0.25, 0.3) is 0 Å². The van der Waals surface area contributed by atoms with E-state index in [-0.39, 0.29) is 12.3 Å². The number of carboxylic acids is 1. The van der Waals surface area contributed by atoms with E-state index in [4.69, 9.17) is 0 Å². The molecule has 7 nitrogen and oxygen atoms in total. The quantitative estimate of drug-likeness (QED) is 0.670. The lowest BCUT2D eigenvalue weighted by Gasteiger charge is -2.35. The van der Waals surface area contributed by atoms with Crippen LogP contribution in [0.15, 0.2) is 54.7 Å². The van der Waals surface area contributed by atoms with E-state index >= 15 is 0 Å². The molecule has 0 bridgehead atoms. The average molecular weight is 396 g/mol. The third-order valence-electron chi connectivity index (χ3n) is 5.17. The van der Waals surface area contributed by atoms with Gasteiger partial charge in [0.25, 0.3) is 0 Å². The molecule has 2 aromatic rings. The Labute approximate surface area is 171 Å². The highest BCUT2D eigenvalue weighted by molar-refractivity contribution is 5.82. The average Bonchev–Trinajstić information content (AvgIpc) is 2.74. The molecule has 7 heteroatoms. The van der Waals surface area contributed by atoms with Gasteiger partial charge in [0, 0.05) is 58.4 Å². The highest BCUT2D eigenvalue weighted by Crippen LogP contribution is 2.12. The van der Waals surface area contributed by atoms with Crippen molar-refractivity contribution in [1.29, 1.82) is 0 Å². The number of piperazine rings is 1. The van der Waals surface area contributed by atoms with E-state index in [1.807, 2.05) is 48.5 Å². The van der Waals surface area contributed by atoms with E-state index in [9.17, 15) is 14.7 Å². The Balaban J connectivity index is 1.42. The maximum atomic E-state index is 12.2. The molecule has 0 spiro atoms. The zero-order valence-corrected chi connectivity index (χ0v) is 16.5. The number of carbonyl (C=O) groups is 2. The predicted octanol–water partition coefficient (Wildman–Crippen LogP) is 1.61. The maximum Gasteiger partial charge on any atom is 0.308 e.